The molecule has 5 unspecified atom stereocenters. The number of nitrogens with one attached hydrogen (secondary N) is 1. The topological polar surface area (TPSA) is 82.0 Å². The highest BCUT2D eigenvalue weighted by atomic mass is 16.7. The Labute approximate surface area is 63.6 Å². The van der Waals surface area contributed by atoms with E-state index in [4.69, 9.17) is 4.84 Å². The summed E-state index contributed by atoms with van der Waals surface area (Å²) in [4.78, 5) is 4.82. The minimum absolute atomic E-state index is 0.181. The molecular weight excluding hydrogens is 150 g/mol. The lowest BCUT2D eigenvalue weighted by Gasteiger charge is -2.14. The molecule has 5 nitrogen and oxygen atoms in total. The van der Waals surface area contributed by atoms with Gasteiger partial charge in [0, 0.05) is 5.92 Å². The van der Waals surface area contributed by atoms with E-state index in [2.05, 4.69) is 5.48 Å². The number of rotatable bonds is 0. The van der Waals surface area contributed by atoms with E-state index in [9.17, 15) is 15.3 Å². The molecule has 11 heavy (non-hydrogen) atoms. The fourth-order valence-electron chi connectivity index (χ4n) is 1.73. The molecule has 1 aliphatic carbocycles. The van der Waals surface area contributed by atoms with Crippen molar-refractivity contribution in [1.82, 2.24) is 5.48 Å². The van der Waals surface area contributed by atoms with E-state index < -0.39 is 18.3 Å². The minimum atomic E-state index is -1.04. The second-order valence-corrected chi connectivity index (χ2v) is 3.09. The van der Waals surface area contributed by atoms with Crippen LogP contribution in [0.1, 0.15) is 0 Å². The van der Waals surface area contributed by atoms with Gasteiger partial charge in [0.2, 0.25) is 0 Å². The van der Waals surface area contributed by atoms with Crippen molar-refractivity contribution in [3.05, 3.63) is 0 Å². The molecule has 0 aromatic heterocycles. The number of hydroxylamine groups is 1. The molecule has 5 atom stereocenters. The number of aliphatic hydroxyl groups excluding tert-OH is 3. The zero-order valence-electron chi connectivity index (χ0n) is 5.84. The molecule has 0 aromatic rings. The molecular formula is C6H11NO4. The van der Waals surface area contributed by atoms with Crippen LogP contribution in [0.2, 0.25) is 0 Å². The molecule has 2 rings (SSSR count). The Balaban J connectivity index is 2.17. The third-order valence-electron chi connectivity index (χ3n) is 2.46. The summed E-state index contributed by atoms with van der Waals surface area (Å²) in [7, 11) is 0. The first-order chi connectivity index (χ1) is 5.22. The molecule has 0 bridgehead atoms. The largest absolute Gasteiger partial charge is 0.390 e. The van der Waals surface area contributed by atoms with E-state index >= 15 is 0 Å². The van der Waals surface area contributed by atoms with Gasteiger partial charge in [-0.3, -0.25) is 0 Å². The van der Waals surface area contributed by atoms with Crippen LogP contribution < -0.4 is 5.48 Å². The van der Waals surface area contributed by atoms with Gasteiger partial charge in [0.25, 0.3) is 0 Å². The van der Waals surface area contributed by atoms with Gasteiger partial charge in [0.05, 0.1) is 18.8 Å². The van der Waals surface area contributed by atoms with Crippen LogP contribution in [-0.4, -0.2) is 46.3 Å². The maximum Gasteiger partial charge on any atom is 0.108 e. The number of hydrogen-bond acceptors (Lipinski definition) is 5. The van der Waals surface area contributed by atoms with Crippen LogP contribution in [0.25, 0.3) is 0 Å². The first kappa shape index (κ1) is 7.45. The fraction of sp³-hybridized carbons (Fsp3) is 1.00. The maximum absolute atomic E-state index is 9.31. The van der Waals surface area contributed by atoms with E-state index in [1.165, 1.54) is 0 Å². The van der Waals surface area contributed by atoms with E-state index in [1.54, 1.807) is 0 Å². The highest BCUT2D eigenvalue weighted by molar-refractivity contribution is 5.02. The predicted molar refractivity (Wildman–Crippen MR) is 34.4 cm³/mol. The Morgan fingerprint density at radius 1 is 1.09 bits per heavy atom. The van der Waals surface area contributed by atoms with Gasteiger partial charge in [0.1, 0.15) is 12.2 Å². The van der Waals surface area contributed by atoms with Gasteiger partial charge >= 0.3 is 0 Å². The quantitative estimate of drug-likeness (QED) is 0.318. The Morgan fingerprint density at radius 3 is 2.45 bits per heavy atom. The summed E-state index contributed by atoms with van der Waals surface area (Å²) >= 11 is 0. The van der Waals surface area contributed by atoms with Gasteiger partial charge < -0.3 is 20.2 Å². The summed E-state index contributed by atoms with van der Waals surface area (Å²) in [5.41, 5.74) is 2.56. The molecule has 1 heterocycles. The van der Waals surface area contributed by atoms with E-state index in [-0.39, 0.29) is 12.0 Å². The summed E-state index contributed by atoms with van der Waals surface area (Å²) < 4.78 is 0. The molecule has 4 N–H and O–H groups in total. The summed E-state index contributed by atoms with van der Waals surface area (Å²) in [6.07, 6.45) is -2.83. The van der Waals surface area contributed by atoms with Crippen LogP contribution in [0.4, 0.5) is 0 Å². The smallest absolute Gasteiger partial charge is 0.108 e. The summed E-state index contributed by atoms with van der Waals surface area (Å²) in [5.74, 6) is -0.181. The second-order valence-electron chi connectivity index (χ2n) is 3.09. The Bertz CT molecular complexity index is 149. The lowest BCUT2D eigenvalue weighted by atomic mass is 10.0. The van der Waals surface area contributed by atoms with E-state index in [0.717, 1.165) is 0 Å². The summed E-state index contributed by atoms with van der Waals surface area (Å²) in [5, 5.41) is 27.8. The zero-order valence-corrected chi connectivity index (χ0v) is 5.84. The van der Waals surface area contributed by atoms with Crippen molar-refractivity contribution in [3.63, 3.8) is 0 Å². The van der Waals surface area contributed by atoms with Crippen LogP contribution >= 0.6 is 0 Å². The van der Waals surface area contributed by atoms with Crippen LogP contribution in [-0.2, 0) is 4.84 Å². The average Bonchev–Trinajstić information content (AvgIpc) is 2.53. The lowest BCUT2D eigenvalue weighted by molar-refractivity contribution is -0.0555. The van der Waals surface area contributed by atoms with Crippen LogP contribution in [0, 0.1) is 5.92 Å². The van der Waals surface area contributed by atoms with Crippen LogP contribution in [0.3, 0.4) is 0 Å². The molecule has 1 saturated carbocycles. The highest BCUT2D eigenvalue weighted by Crippen LogP contribution is 2.30. The molecule has 0 aromatic carbocycles. The SMILES string of the molecule is OC1C(O)C2CONC2C1O. The lowest BCUT2D eigenvalue weighted by Crippen LogP contribution is -2.38. The first-order valence-electron chi connectivity index (χ1n) is 3.63. The molecule has 5 heteroatoms. The van der Waals surface area contributed by atoms with E-state index in [1.807, 2.05) is 0 Å². The maximum atomic E-state index is 9.31. The van der Waals surface area contributed by atoms with Crippen molar-refractivity contribution in [1.29, 1.82) is 0 Å². The average molecular weight is 161 g/mol. The van der Waals surface area contributed by atoms with Gasteiger partial charge in [-0.2, -0.15) is 5.48 Å². The highest BCUT2D eigenvalue weighted by Gasteiger charge is 2.51. The van der Waals surface area contributed by atoms with Gasteiger partial charge in [-0.1, -0.05) is 0 Å². The molecule has 64 valence electrons. The molecule has 1 saturated heterocycles. The van der Waals surface area contributed by atoms with Crippen molar-refractivity contribution in [2.24, 2.45) is 5.92 Å². The molecule has 2 aliphatic rings. The Hall–Kier alpha value is -0.200. The van der Waals surface area contributed by atoms with Gasteiger partial charge in [-0.25, -0.2) is 0 Å². The van der Waals surface area contributed by atoms with E-state index in [0.29, 0.717) is 6.61 Å². The second kappa shape index (κ2) is 2.40. The number of hydrogen-bond donors (Lipinski definition) is 4. The summed E-state index contributed by atoms with van der Waals surface area (Å²) in [6, 6.07) is -0.319. The van der Waals surface area contributed by atoms with Crippen LogP contribution in [0.15, 0.2) is 0 Å². The van der Waals surface area contributed by atoms with Crippen LogP contribution in [0.5, 0.6) is 0 Å². The van der Waals surface area contributed by atoms with Crippen molar-refractivity contribution >= 4 is 0 Å². The number of fused-ring (bicyclic) bond motifs is 1. The molecule has 2 fully saturated rings. The van der Waals surface area contributed by atoms with Gasteiger partial charge in [0.15, 0.2) is 0 Å². The predicted octanol–water partition coefficient (Wildman–Crippen LogP) is -2.40. The third-order valence-corrected chi connectivity index (χ3v) is 2.46. The molecule has 0 amide bonds. The van der Waals surface area contributed by atoms with Crippen molar-refractivity contribution in [2.75, 3.05) is 6.61 Å². The minimum Gasteiger partial charge on any atom is -0.390 e. The third kappa shape index (κ3) is 0.896. The Kier molecular flexibility index (Phi) is 1.62. The molecule has 1 aliphatic heterocycles. The fourth-order valence-corrected chi connectivity index (χ4v) is 1.73. The number of aliphatic hydroxyl groups is 3. The van der Waals surface area contributed by atoms with Crippen molar-refractivity contribution < 1.29 is 20.2 Å². The summed E-state index contributed by atoms with van der Waals surface area (Å²) in [6.45, 7) is 0.347. The standard InChI is InChI=1S/C6H11NO4/c8-4-2-1-11-7-3(2)5(9)6(4)10/h2-10H,1H2. The first-order valence-corrected chi connectivity index (χ1v) is 3.63. The normalized spacial score (nSPS) is 56.5. The van der Waals surface area contributed by atoms with Crippen molar-refractivity contribution in [3.8, 4) is 0 Å². The van der Waals surface area contributed by atoms with Gasteiger partial charge in [-0.05, 0) is 0 Å². The van der Waals surface area contributed by atoms with Gasteiger partial charge in [-0.15, -0.1) is 0 Å². The molecule has 0 spiro atoms. The molecule has 0 radical (unpaired) electrons. The Morgan fingerprint density at radius 2 is 1.82 bits per heavy atom. The van der Waals surface area contributed by atoms with Crippen molar-refractivity contribution in [2.45, 2.75) is 24.4 Å². The monoisotopic (exact) mass is 161 g/mol. The zero-order chi connectivity index (χ0) is 8.01.